The van der Waals surface area contributed by atoms with Crippen LogP contribution in [0.4, 0.5) is 4.39 Å². The van der Waals surface area contributed by atoms with Crippen LogP contribution in [0.2, 0.25) is 0 Å². The summed E-state index contributed by atoms with van der Waals surface area (Å²) in [5, 5.41) is 6.81. The van der Waals surface area contributed by atoms with Gasteiger partial charge in [-0.15, -0.1) is 0 Å². The molecule has 6 nitrogen and oxygen atoms in total. The van der Waals surface area contributed by atoms with Gasteiger partial charge in [-0.1, -0.05) is 0 Å². The average molecular weight is 268 g/mol. The van der Waals surface area contributed by atoms with Crippen molar-refractivity contribution in [1.29, 1.82) is 0 Å². The van der Waals surface area contributed by atoms with Gasteiger partial charge in [0, 0.05) is 6.04 Å². The summed E-state index contributed by atoms with van der Waals surface area (Å²) in [4.78, 5) is 14.2. The number of amides is 1. The molecule has 104 valence electrons. The predicted molar refractivity (Wildman–Crippen MR) is 65.7 cm³/mol. The van der Waals surface area contributed by atoms with E-state index in [1.54, 1.807) is 0 Å². The number of fused-ring (bicyclic) bond motifs is 1. The molecule has 0 atom stereocenters. The number of piperidine rings is 1. The zero-order chi connectivity index (χ0) is 13.4. The molecule has 1 fully saturated rings. The zero-order valence-corrected chi connectivity index (χ0v) is 10.9. The number of aromatic nitrogens is 2. The molecule has 1 aromatic rings. The zero-order valence-electron chi connectivity index (χ0n) is 10.9. The lowest BCUT2D eigenvalue weighted by molar-refractivity contribution is 0.0906. The van der Waals surface area contributed by atoms with E-state index in [1.165, 1.54) is 4.68 Å². The molecule has 1 N–H and O–H groups in total. The highest BCUT2D eigenvalue weighted by atomic mass is 19.1. The lowest BCUT2D eigenvalue weighted by atomic mass is 10.1. The first-order chi connectivity index (χ1) is 9.15. The molecule has 0 bridgehead atoms. The minimum atomic E-state index is -0.650. The van der Waals surface area contributed by atoms with Crippen LogP contribution in [-0.4, -0.2) is 53.4 Å². The van der Waals surface area contributed by atoms with Crippen molar-refractivity contribution in [2.45, 2.75) is 25.4 Å². The normalized spacial score (nSPS) is 20.1. The van der Waals surface area contributed by atoms with Gasteiger partial charge in [0.1, 0.15) is 6.61 Å². The van der Waals surface area contributed by atoms with Crippen molar-refractivity contribution in [3.63, 3.8) is 0 Å². The topological polar surface area (TPSA) is 59.4 Å². The van der Waals surface area contributed by atoms with Gasteiger partial charge in [-0.05, 0) is 33.0 Å². The number of hydrogen-bond donors (Lipinski definition) is 1. The van der Waals surface area contributed by atoms with Crippen LogP contribution >= 0.6 is 0 Å². The van der Waals surface area contributed by atoms with E-state index in [0.29, 0.717) is 13.2 Å². The number of halogens is 1. The van der Waals surface area contributed by atoms with Crippen molar-refractivity contribution in [1.82, 2.24) is 20.0 Å². The first kappa shape index (κ1) is 12.4. The van der Waals surface area contributed by atoms with Gasteiger partial charge in [-0.3, -0.25) is 4.79 Å². The van der Waals surface area contributed by atoms with Gasteiger partial charge in [-0.25, -0.2) is 4.68 Å². The lowest BCUT2D eigenvalue weighted by Gasteiger charge is -2.29. The van der Waals surface area contributed by atoms with Crippen LogP contribution in [0.15, 0.2) is 0 Å². The van der Waals surface area contributed by atoms with Crippen molar-refractivity contribution in [2.24, 2.45) is 0 Å². The van der Waals surface area contributed by atoms with Crippen molar-refractivity contribution in [2.75, 3.05) is 26.7 Å². The molecular formula is C12H17FN4O2. The highest BCUT2D eigenvalue weighted by Crippen LogP contribution is 2.24. The van der Waals surface area contributed by atoms with Crippen molar-refractivity contribution in [3.8, 4) is 5.88 Å². The Balaban J connectivity index is 1.67. The molecule has 0 radical (unpaired) electrons. The average Bonchev–Trinajstić information content (AvgIpc) is 2.96. The molecule has 3 rings (SSSR count). The van der Waals surface area contributed by atoms with E-state index in [2.05, 4.69) is 22.4 Å². The quantitative estimate of drug-likeness (QED) is 0.834. The summed E-state index contributed by atoms with van der Waals surface area (Å²) < 4.78 is 20.4. The fourth-order valence-electron chi connectivity index (χ4n) is 2.49. The molecule has 1 aromatic heterocycles. The van der Waals surface area contributed by atoms with Gasteiger partial charge in [0.05, 0.1) is 6.54 Å². The second-order valence-electron chi connectivity index (χ2n) is 5.09. The first-order valence-corrected chi connectivity index (χ1v) is 6.53. The lowest BCUT2D eigenvalue weighted by Crippen LogP contribution is -2.43. The third-order valence-electron chi connectivity index (χ3n) is 3.66. The van der Waals surface area contributed by atoms with E-state index < -0.39 is 11.7 Å². The molecule has 0 unspecified atom stereocenters. The van der Waals surface area contributed by atoms with Gasteiger partial charge in [0.2, 0.25) is 11.7 Å². The summed E-state index contributed by atoms with van der Waals surface area (Å²) in [6, 6.07) is 0.0977. The largest absolute Gasteiger partial charge is 0.474 e. The number of nitrogens with one attached hydrogen (secondary N) is 1. The van der Waals surface area contributed by atoms with Crippen molar-refractivity contribution < 1.29 is 13.9 Å². The molecule has 7 heteroatoms. The van der Waals surface area contributed by atoms with Gasteiger partial charge in [-0.2, -0.15) is 9.49 Å². The maximum atomic E-state index is 13.9. The van der Waals surface area contributed by atoms with Gasteiger partial charge < -0.3 is 15.0 Å². The Bertz CT molecular complexity index is 494. The minimum Gasteiger partial charge on any atom is -0.474 e. The Hall–Kier alpha value is -1.63. The van der Waals surface area contributed by atoms with Crippen LogP contribution in [0, 0.1) is 5.82 Å². The van der Waals surface area contributed by atoms with Crippen molar-refractivity contribution in [3.05, 3.63) is 11.5 Å². The van der Waals surface area contributed by atoms with Gasteiger partial charge in [0.25, 0.3) is 5.91 Å². The monoisotopic (exact) mass is 268 g/mol. The van der Waals surface area contributed by atoms with Crippen LogP contribution in [0.25, 0.3) is 0 Å². The maximum Gasteiger partial charge on any atom is 0.275 e. The molecule has 1 saturated heterocycles. The summed E-state index contributed by atoms with van der Waals surface area (Å²) in [6.07, 6.45) is 1.77. The molecule has 1 amide bonds. The number of carbonyl (C=O) groups is 1. The number of rotatable bonds is 2. The smallest absolute Gasteiger partial charge is 0.275 e. The Morgan fingerprint density at radius 2 is 2.16 bits per heavy atom. The van der Waals surface area contributed by atoms with E-state index in [0.717, 1.165) is 25.9 Å². The maximum absolute atomic E-state index is 13.9. The highest BCUT2D eigenvalue weighted by Gasteiger charge is 2.29. The van der Waals surface area contributed by atoms with Crippen LogP contribution in [-0.2, 0) is 6.54 Å². The Morgan fingerprint density at radius 3 is 2.84 bits per heavy atom. The molecule has 0 saturated carbocycles. The fourth-order valence-corrected chi connectivity index (χ4v) is 2.49. The molecule has 0 aliphatic carbocycles. The van der Waals surface area contributed by atoms with E-state index in [9.17, 15) is 9.18 Å². The van der Waals surface area contributed by atoms with E-state index in [-0.39, 0.29) is 17.6 Å². The van der Waals surface area contributed by atoms with Gasteiger partial charge in [0.15, 0.2) is 5.69 Å². The SMILES string of the molecule is CN1CCC(NC(=O)c2nn3c(c2F)OCC3)CC1. The minimum absolute atomic E-state index is 0.0773. The molecule has 19 heavy (non-hydrogen) atoms. The molecule has 0 spiro atoms. The Kier molecular flexibility index (Phi) is 3.14. The molecule has 2 aliphatic rings. The number of hydrogen-bond acceptors (Lipinski definition) is 4. The summed E-state index contributed by atoms with van der Waals surface area (Å²) in [7, 11) is 2.05. The third kappa shape index (κ3) is 2.30. The number of ether oxygens (including phenoxy) is 1. The van der Waals surface area contributed by atoms with E-state index in [4.69, 9.17) is 4.74 Å². The van der Waals surface area contributed by atoms with Crippen LogP contribution in [0.1, 0.15) is 23.3 Å². The van der Waals surface area contributed by atoms with E-state index in [1.807, 2.05) is 0 Å². The number of nitrogens with zero attached hydrogens (tertiary/aromatic N) is 3. The second-order valence-corrected chi connectivity index (χ2v) is 5.09. The summed E-state index contributed by atoms with van der Waals surface area (Å²) in [6.45, 7) is 2.79. The Morgan fingerprint density at radius 1 is 1.42 bits per heavy atom. The first-order valence-electron chi connectivity index (χ1n) is 6.53. The Labute approximate surface area is 110 Å². The standard InChI is InChI=1S/C12H17FN4O2/c1-16-4-2-8(3-5-16)14-11(18)10-9(13)12-17(15-10)6-7-19-12/h8H,2-7H2,1H3,(H,14,18). The second kappa shape index (κ2) is 4.80. The molecule has 2 aliphatic heterocycles. The van der Waals surface area contributed by atoms with Crippen LogP contribution < -0.4 is 10.1 Å². The van der Waals surface area contributed by atoms with Crippen molar-refractivity contribution >= 4 is 5.91 Å². The molecular weight excluding hydrogens is 251 g/mol. The number of carbonyl (C=O) groups excluding carboxylic acids is 1. The number of likely N-dealkylation sites (tertiary alicyclic amines) is 1. The highest BCUT2D eigenvalue weighted by molar-refractivity contribution is 5.93. The van der Waals surface area contributed by atoms with Crippen LogP contribution in [0.3, 0.4) is 0 Å². The predicted octanol–water partition coefficient (Wildman–Crippen LogP) is 0.239. The molecule has 0 aromatic carbocycles. The molecule has 3 heterocycles. The summed E-state index contributed by atoms with van der Waals surface area (Å²) in [5.41, 5.74) is -0.159. The van der Waals surface area contributed by atoms with Gasteiger partial charge >= 0.3 is 0 Å². The van der Waals surface area contributed by atoms with E-state index >= 15 is 0 Å². The fraction of sp³-hybridized carbons (Fsp3) is 0.667. The summed E-state index contributed by atoms with van der Waals surface area (Å²) in [5.74, 6) is -1.02. The van der Waals surface area contributed by atoms with Crippen LogP contribution in [0.5, 0.6) is 5.88 Å². The summed E-state index contributed by atoms with van der Waals surface area (Å²) >= 11 is 0. The third-order valence-corrected chi connectivity index (χ3v) is 3.66.